The van der Waals surface area contributed by atoms with Crippen molar-refractivity contribution in [1.29, 1.82) is 0 Å². The largest absolute Gasteiger partial charge is 0.350 e. The molecule has 2 aromatic carbocycles. The summed E-state index contributed by atoms with van der Waals surface area (Å²) in [6, 6.07) is 16.3. The van der Waals surface area contributed by atoms with E-state index in [-0.39, 0.29) is 12.3 Å². The summed E-state index contributed by atoms with van der Waals surface area (Å²) >= 11 is 0. The third kappa shape index (κ3) is 4.28. The Morgan fingerprint density at radius 1 is 1.16 bits per heavy atom. The maximum atomic E-state index is 8.90. The molecule has 2 aromatic rings. The molecule has 0 bridgehead atoms. The fourth-order valence-corrected chi connectivity index (χ4v) is 3.03. The quantitative estimate of drug-likeness (QED) is 0.692. The number of rotatable bonds is 5. The van der Waals surface area contributed by atoms with Crippen LogP contribution >= 0.6 is 0 Å². The first-order valence-corrected chi connectivity index (χ1v) is 8.74. The molecule has 132 valence electrons. The van der Waals surface area contributed by atoms with Crippen LogP contribution in [0.15, 0.2) is 54.1 Å². The fourth-order valence-electron chi connectivity index (χ4n) is 3.03. The Bertz CT molecular complexity index is 721. The number of hydrogen-bond donors (Lipinski definition) is 3. The summed E-state index contributed by atoms with van der Waals surface area (Å²) < 4.78 is 6.15. The van der Waals surface area contributed by atoms with Gasteiger partial charge in [0.05, 0.1) is 11.8 Å². The van der Waals surface area contributed by atoms with Crippen LogP contribution in [0.2, 0.25) is 0 Å². The van der Waals surface area contributed by atoms with E-state index in [1.54, 1.807) is 0 Å². The highest BCUT2D eigenvalue weighted by molar-refractivity contribution is 5.54. The maximum Gasteiger partial charge on any atom is 0.131 e. The van der Waals surface area contributed by atoms with E-state index in [1.165, 1.54) is 11.1 Å². The summed E-state index contributed by atoms with van der Waals surface area (Å²) in [5.41, 5.74) is 7.62. The SMILES string of the molecule is C/C(=C\c1ccc(C(C)C)cc1)C1NCC(c2ccc(NO)cc2)O1. The Kier molecular flexibility index (Phi) is 5.53. The Labute approximate surface area is 149 Å². The van der Waals surface area contributed by atoms with Crippen molar-refractivity contribution in [3.05, 3.63) is 70.8 Å². The van der Waals surface area contributed by atoms with Gasteiger partial charge < -0.3 is 4.74 Å². The van der Waals surface area contributed by atoms with Crippen LogP contribution < -0.4 is 10.8 Å². The van der Waals surface area contributed by atoms with Gasteiger partial charge >= 0.3 is 0 Å². The highest BCUT2D eigenvalue weighted by atomic mass is 16.5. The summed E-state index contributed by atoms with van der Waals surface area (Å²) in [4.78, 5) is 0. The molecule has 0 spiro atoms. The average Bonchev–Trinajstić information content (AvgIpc) is 3.12. The lowest BCUT2D eigenvalue weighted by Gasteiger charge is -2.14. The van der Waals surface area contributed by atoms with Crippen LogP contribution in [0, 0.1) is 0 Å². The second-order valence-electron chi connectivity index (χ2n) is 6.86. The van der Waals surface area contributed by atoms with E-state index in [0.717, 1.165) is 17.7 Å². The number of ether oxygens (including phenoxy) is 1. The zero-order valence-electron chi connectivity index (χ0n) is 15.0. The molecule has 25 heavy (non-hydrogen) atoms. The molecule has 2 atom stereocenters. The Morgan fingerprint density at radius 2 is 1.84 bits per heavy atom. The van der Waals surface area contributed by atoms with Crippen LogP contribution in [0.4, 0.5) is 5.69 Å². The van der Waals surface area contributed by atoms with E-state index in [1.807, 2.05) is 24.3 Å². The minimum atomic E-state index is -0.0783. The highest BCUT2D eigenvalue weighted by Crippen LogP contribution is 2.27. The van der Waals surface area contributed by atoms with Crippen LogP contribution in [-0.4, -0.2) is 18.0 Å². The van der Waals surface area contributed by atoms with E-state index in [2.05, 4.69) is 61.9 Å². The highest BCUT2D eigenvalue weighted by Gasteiger charge is 2.26. The van der Waals surface area contributed by atoms with Gasteiger partial charge in [0.15, 0.2) is 0 Å². The van der Waals surface area contributed by atoms with Crippen molar-refractivity contribution in [1.82, 2.24) is 5.32 Å². The van der Waals surface area contributed by atoms with Crippen LogP contribution in [-0.2, 0) is 4.74 Å². The minimum absolute atomic E-state index is 0.0180. The van der Waals surface area contributed by atoms with Gasteiger partial charge in [0.2, 0.25) is 0 Å². The Hall–Kier alpha value is -2.14. The van der Waals surface area contributed by atoms with E-state index in [0.29, 0.717) is 11.6 Å². The molecule has 1 aliphatic rings. The predicted octanol–water partition coefficient (Wildman–Crippen LogP) is 4.70. The Morgan fingerprint density at radius 3 is 2.44 bits per heavy atom. The summed E-state index contributed by atoms with van der Waals surface area (Å²) in [5.74, 6) is 0.548. The number of nitrogens with one attached hydrogen (secondary N) is 2. The molecule has 1 heterocycles. The van der Waals surface area contributed by atoms with Gasteiger partial charge in [-0.2, -0.15) is 0 Å². The number of anilines is 1. The zero-order chi connectivity index (χ0) is 17.8. The third-order valence-electron chi connectivity index (χ3n) is 4.61. The molecule has 1 fully saturated rings. The molecule has 0 amide bonds. The van der Waals surface area contributed by atoms with Crippen LogP contribution in [0.3, 0.4) is 0 Å². The first-order chi connectivity index (χ1) is 12.1. The van der Waals surface area contributed by atoms with Crippen LogP contribution in [0.1, 0.15) is 49.5 Å². The molecule has 1 saturated heterocycles. The lowest BCUT2D eigenvalue weighted by molar-refractivity contribution is 0.0636. The van der Waals surface area contributed by atoms with Gasteiger partial charge in [-0.15, -0.1) is 0 Å². The minimum Gasteiger partial charge on any atom is -0.350 e. The second kappa shape index (κ2) is 7.83. The standard InChI is InChI=1S/C21H26N2O2/c1-14(2)17-6-4-16(5-7-17)12-15(3)21-22-13-20(25-21)18-8-10-19(23-24)11-9-18/h4-12,14,20-24H,13H2,1-3H3/b15-12+. The zero-order valence-corrected chi connectivity index (χ0v) is 15.0. The topological polar surface area (TPSA) is 53.5 Å². The molecule has 0 saturated carbocycles. The molecular weight excluding hydrogens is 312 g/mol. The molecule has 0 aromatic heterocycles. The molecule has 4 heteroatoms. The first-order valence-electron chi connectivity index (χ1n) is 8.74. The number of hydrogen-bond acceptors (Lipinski definition) is 4. The molecule has 1 aliphatic heterocycles. The van der Waals surface area contributed by atoms with Gasteiger partial charge in [-0.1, -0.05) is 56.3 Å². The summed E-state index contributed by atoms with van der Waals surface area (Å²) in [5, 5.41) is 12.3. The van der Waals surface area contributed by atoms with Gasteiger partial charge in [0.1, 0.15) is 6.23 Å². The van der Waals surface area contributed by atoms with Gasteiger partial charge in [0, 0.05) is 6.54 Å². The van der Waals surface area contributed by atoms with E-state index >= 15 is 0 Å². The van der Waals surface area contributed by atoms with Gasteiger partial charge in [-0.05, 0) is 47.2 Å². The summed E-state index contributed by atoms with van der Waals surface area (Å²) in [6.07, 6.45) is 2.11. The molecule has 3 N–H and O–H groups in total. The molecule has 0 radical (unpaired) electrons. The second-order valence-corrected chi connectivity index (χ2v) is 6.86. The van der Waals surface area contributed by atoms with E-state index in [9.17, 15) is 0 Å². The van der Waals surface area contributed by atoms with Crippen molar-refractivity contribution in [2.45, 2.75) is 39.0 Å². The normalized spacial score (nSPS) is 20.9. The maximum absolute atomic E-state index is 8.90. The summed E-state index contributed by atoms with van der Waals surface area (Å²) in [6.45, 7) is 7.27. The Balaban J connectivity index is 1.65. The van der Waals surface area contributed by atoms with Crippen LogP contribution in [0.25, 0.3) is 6.08 Å². The van der Waals surface area contributed by atoms with Crippen molar-refractivity contribution in [3.63, 3.8) is 0 Å². The molecule has 3 rings (SSSR count). The summed E-state index contributed by atoms with van der Waals surface area (Å²) in [7, 11) is 0. The molecule has 0 aliphatic carbocycles. The first kappa shape index (κ1) is 17.7. The molecule has 4 nitrogen and oxygen atoms in total. The fraction of sp³-hybridized carbons (Fsp3) is 0.333. The lowest BCUT2D eigenvalue weighted by Crippen LogP contribution is -2.23. The van der Waals surface area contributed by atoms with E-state index < -0.39 is 0 Å². The van der Waals surface area contributed by atoms with Gasteiger partial charge in [-0.25, -0.2) is 0 Å². The monoisotopic (exact) mass is 338 g/mol. The smallest absolute Gasteiger partial charge is 0.131 e. The molecule has 2 unspecified atom stereocenters. The van der Waals surface area contributed by atoms with Crippen molar-refractivity contribution >= 4 is 11.8 Å². The third-order valence-corrected chi connectivity index (χ3v) is 4.61. The van der Waals surface area contributed by atoms with Crippen molar-refractivity contribution in [2.75, 3.05) is 12.0 Å². The van der Waals surface area contributed by atoms with E-state index in [4.69, 9.17) is 9.94 Å². The van der Waals surface area contributed by atoms with Crippen molar-refractivity contribution in [3.8, 4) is 0 Å². The van der Waals surface area contributed by atoms with Gasteiger partial charge in [0.25, 0.3) is 0 Å². The number of benzene rings is 2. The lowest BCUT2D eigenvalue weighted by atomic mass is 10.0. The van der Waals surface area contributed by atoms with Gasteiger partial charge in [-0.3, -0.25) is 16.0 Å². The molecular formula is C21H26N2O2. The predicted molar refractivity (Wildman–Crippen MR) is 102 cm³/mol. The average molecular weight is 338 g/mol. The van der Waals surface area contributed by atoms with Crippen molar-refractivity contribution in [2.24, 2.45) is 0 Å². The van der Waals surface area contributed by atoms with Crippen LogP contribution in [0.5, 0.6) is 0 Å². The van der Waals surface area contributed by atoms with Crippen molar-refractivity contribution < 1.29 is 9.94 Å².